The normalized spacial score (nSPS) is 14.4. The third-order valence-electron chi connectivity index (χ3n) is 2.64. The molecule has 1 aromatic rings. The summed E-state index contributed by atoms with van der Waals surface area (Å²) >= 11 is 0. The number of aliphatic hydroxyl groups is 1. The first kappa shape index (κ1) is 14.7. The number of rotatable bonds is 4. The molecule has 1 rings (SSSR count). The first-order valence-electron chi connectivity index (χ1n) is 6.34. The highest BCUT2D eigenvalue weighted by Gasteiger charge is 2.21. The molecule has 0 spiro atoms. The molecule has 1 aromatic carbocycles. The van der Waals surface area contributed by atoms with Crippen molar-refractivity contribution in [2.45, 2.75) is 40.2 Å². The predicted octanol–water partition coefficient (Wildman–Crippen LogP) is 3.67. The SMILES string of the molecule is CCC(=O)C(=CC(C)(C)C)C(O)c1ccccc1. The minimum atomic E-state index is -0.835. The average molecular weight is 246 g/mol. The second-order valence-corrected chi connectivity index (χ2v) is 5.56. The van der Waals surface area contributed by atoms with E-state index in [9.17, 15) is 9.90 Å². The van der Waals surface area contributed by atoms with Crippen molar-refractivity contribution in [1.29, 1.82) is 0 Å². The van der Waals surface area contributed by atoms with Crippen molar-refractivity contribution in [1.82, 2.24) is 0 Å². The zero-order valence-electron chi connectivity index (χ0n) is 11.6. The van der Waals surface area contributed by atoms with Gasteiger partial charge in [-0.1, -0.05) is 64.1 Å². The summed E-state index contributed by atoms with van der Waals surface area (Å²) in [5.41, 5.74) is 1.13. The summed E-state index contributed by atoms with van der Waals surface area (Å²) in [7, 11) is 0. The lowest BCUT2D eigenvalue weighted by Crippen LogP contribution is -2.14. The number of benzene rings is 1. The van der Waals surface area contributed by atoms with Gasteiger partial charge >= 0.3 is 0 Å². The molecule has 0 radical (unpaired) electrons. The first-order chi connectivity index (χ1) is 8.35. The molecule has 1 atom stereocenters. The highest BCUT2D eigenvalue weighted by Crippen LogP contribution is 2.28. The second kappa shape index (κ2) is 5.96. The molecule has 0 aliphatic carbocycles. The molecule has 0 heterocycles. The van der Waals surface area contributed by atoms with Crippen LogP contribution in [0, 0.1) is 5.41 Å². The number of carbonyl (C=O) groups excluding carboxylic acids is 1. The number of ketones is 1. The van der Waals surface area contributed by atoms with E-state index in [0.717, 1.165) is 5.56 Å². The lowest BCUT2D eigenvalue weighted by molar-refractivity contribution is -0.116. The van der Waals surface area contributed by atoms with Crippen LogP contribution in [0.1, 0.15) is 45.8 Å². The topological polar surface area (TPSA) is 37.3 Å². The Morgan fingerprint density at radius 2 is 1.83 bits per heavy atom. The highest BCUT2D eigenvalue weighted by atomic mass is 16.3. The molecule has 0 fully saturated rings. The van der Waals surface area contributed by atoms with Gasteiger partial charge in [-0.05, 0) is 11.0 Å². The molecule has 98 valence electrons. The predicted molar refractivity (Wildman–Crippen MR) is 74.2 cm³/mol. The molecule has 0 saturated heterocycles. The summed E-state index contributed by atoms with van der Waals surface area (Å²) in [5, 5.41) is 10.4. The van der Waals surface area contributed by atoms with E-state index in [0.29, 0.717) is 12.0 Å². The fourth-order valence-corrected chi connectivity index (χ4v) is 1.80. The van der Waals surface area contributed by atoms with Crippen LogP contribution in [0.25, 0.3) is 0 Å². The van der Waals surface area contributed by atoms with Crippen molar-refractivity contribution in [2.75, 3.05) is 0 Å². The lowest BCUT2D eigenvalue weighted by Gasteiger charge is -2.20. The molecule has 2 heteroatoms. The first-order valence-corrected chi connectivity index (χ1v) is 6.34. The Bertz CT molecular complexity index is 424. The van der Waals surface area contributed by atoms with Crippen LogP contribution in [0.2, 0.25) is 0 Å². The van der Waals surface area contributed by atoms with E-state index in [-0.39, 0.29) is 11.2 Å². The van der Waals surface area contributed by atoms with Crippen molar-refractivity contribution in [3.8, 4) is 0 Å². The fourth-order valence-electron chi connectivity index (χ4n) is 1.80. The Kier molecular flexibility index (Phi) is 4.85. The Balaban J connectivity index is 3.13. The summed E-state index contributed by atoms with van der Waals surface area (Å²) in [5.74, 6) is 0.00118. The maximum absolute atomic E-state index is 12.0. The van der Waals surface area contributed by atoms with Crippen molar-refractivity contribution in [2.24, 2.45) is 5.41 Å². The van der Waals surface area contributed by atoms with E-state index in [1.165, 1.54) is 0 Å². The Hall–Kier alpha value is -1.41. The summed E-state index contributed by atoms with van der Waals surface area (Å²) in [4.78, 5) is 12.0. The molecule has 1 N–H and O–H groups in total. The van der Waals surface area contributed by atoms with Crippen molar-refractivity contribution < 1.29 is 9.90 Å². The van der Waals surface area contributed by atoms with Crippen LogP contribution in [-0.2, 0) is 4.79 Å². The summed E-state index contributed by atoms with van der Waals surface area (Å²) in [6.07, 6.45) is 1.44. The standard InChI is InChI=1S/C16H22O2/c1-5-14(17)13(11-16(2,3)4)15(18)12-9-7-6-8-10-12/h6-11,15,18H,5H2,1-4H3. The van der Waals surface area contributed by atoms with Crippen molar-refractivity contribution in [3.63, 3.8) is 0 Å². The van der Waals surface area contributed by atoms with E-state index in [2.05, 4.69) is 0 Å². The molecule has 18 heavy (non-hydrogen) atoms. The van der Waals surface area contributed by atoms with E-state index in [4.69, 9.17) is 0 Å². The van der Waals surface area contributed by atoms with Gasteiger partial charge in [0.15, 0.2) is 5.78 Å². The van der Waals surface area contributed by atoms with Gasteiger partial charge in [-0.15, -0.1) is 0 Å². The van der Waals surface area contributed by atoms with E-state index >= 15 is 0 Å². The number of aliphatic hydroxyl groups excluding tert-OH is 1. The summed E-state index contributed by atoms with van der Waals surface area (Å²) in [6.45, 7) is 7.88. The molecular weight excluding hydrogens is 224 g/mol. The Morgan fingerprint density at radius 1 is 1.28 bits per heavy atom. The van der Waals surface area contributed by atoms with Gasteiger partial charge in [-0.25, -0.2) is 0 Å². The maximum Gasteiger partial charge on any atom is 0.161 e. The molecule has 2 nitrogen and oxygen atoms in total. The second-order valence-electron chi connectivity index (χ2n) is 5.56. The highest BCUT2D eigenvalue weighted by molar-refractivity contribution is 5.96. The van der Waals surface area contributed by atoms with Crippen LogP contribution in [0.4, 0.5) is 0 Å². The van der Waals surface area contributed by atoms with E-state index < -0.39 is 6.10 Å². The van der Waals surface area contributed by atoms with E-state index in [1.807, 2.05) is 64.1 Å². The lowest BCUT2D eigenvalue weighted by atomic mass is 9.87. The fraction of sp³-hybridized carbons (Fsp3) is 0.438. The van der Waals surface area contributed by atoms with Gasteiger partial charge in [0.05, 0.1) is 0 Å². The molecule has 0 aliphatic rings. The molecule has 0 amide bonds. The van der Waals surface area contributed by atoms with Crippen LogP contribution in [-0.4, -0.2) is 10.9 Å². The summed E-state index contributed by atoms with van der Waals surface area (Å²) in [6, 6.07) is 9.30. The van der Waals surface area contributed by atoms with Crippen LogP contribution in [0.15, 0.2) is 42.0 Å². The minimum Gasteiger partial charge on any atom is -0.384 e. The molecule has 0 saturated carbocycles. The van der Waals surface area contributed by atoms with Crippen molar-refractivity contribution >= 4 is 5.78 Å². The van der Waals surface area contributed by atoms with Gasteiger partial charge in [0, 0.05) is 12.0 Å². The Labute approximate surface area is 109 Å². The van der Waals surface area contributed by atoms with E-state index in [1.54, 1.807) is 0 Å². The van der Waals surface area contributed by atoms with Crippen LogP contribution in [0.3, 0.4) is 0 Å². The maximum atomic E-state index is 12.0. The largest absolute Gasteiger partial charge is 0.384 e. The smallest absolute Gasteiger partial charge is 0.161 e. The van der Waals surface area contributed by atoms with Crippen LogP contribution >= 0.6 is 0 Å². The monoisotopic (exact) mass is 246 g/mol. The van der Waals surface area contributed by atoms with Crippen LogP contribution in [0.5, 0.6) is 0 Å². The molecule has 0 aromatic heterocycles. The number of carbonyl (C=O) groups is 1. The number of Topliss-reactive ketones (excluding diaryl/α,β-unsaturated/α-hetero) is 1. The van der Waals surface area contributed by atoms with Gasteiger partial charge in [0.2, 0.25) is 0 Å². The van der Waals surface area contributed by atoms with Gasteiger partial charge < -0.3 is 5.11 Å². The zero-order chi connectivity index (χ0) is 13.8. The van der Waals surface area contributed by atoms with Gasteiger partial charge in [-0.3, -0.25) is 4.79 Å². The zero-order valence-corrected chi connectivity index (χ0v) is 11.6. The molecule has 0 bridgehead atoms. The Morgan fingerprint density at radius 3 is 2.28 bits per heavy atom. The quantitative estimate of drug-likeness (QED) is 0.823. The third-order valence-corrected chi connectivity index (χ3v) is 2.64. The molecule has 1 unspecified atom stereocenters. The van der Waals surface area contributed by atoms with Gasteiger partial charge in [-0.2, -0.15) is 0 Å². The number of hydrogen-bond donors (Lipinski definition) is 1. The van der Waals surface area contributed by atoms with Crippen molar-refractivity contribution in [3.05, 3.63) is 47.5 Å². The van der Waals surface area contributed by atoms with Crippen LogP contribution < -0.4 is 0 Å². The minimum absolute atomic E-state index is 0.00118. The number of hydrogen-bond acceptors (Lipinski definition) is 2. The summed E-state index contributed by atoms with van der Waals surface area (Å²) < 4.78 is 0. The number of allylic oxidation sites excluding steroid dienone is 1. The average Bonchev–Trinajstić information content (AvgIpc) is 2.34. The van der Waals surface area contributed by atoms with Gasteiger partial charge in [0.25, 0.3) is 0 Å². The third kappa shape index (κ3) is 4.11. The molecular formula is C16H22O2. The molecule has 0 aliphatic heterocycles. The van der Waals surface area contributed by atoms with Gasteiger partial charge in [0.1, 0.15) is 6.10 Å².